The minimum absolute atomic E-state index is 0.00911. The fourth-order valence-corrected chi connectivity index (χ4v) is 5.27. The van der Waals surface area contributed by atoms with Crippen molar-refractivity contribution in [2.24, 2.45) is 5.92 Å². The van der Waals surface area contributed by atoms with Crippen molar-refractivity contribution >= 4 is 11.8 Å². The van der Waals surface area contributed by atoms with E-state index in [0.29, 0.717) is 12.5 Å². The quantitative estimate of drug-likeness (QED) is 0.751. The van der Waals surface area contributed by atoms with Gasteiger partial charge in [-0.3, -0.25) is 14.6 Å². The highest BCUT2D eigenvalue weighted by molar-refractivity contribution is 5.96. The van der Waals surface area contributed by atoms with Crippen LogP contribution in [0.5, 0.6) is 0 Å². The molecule has 2 aliphatic heterocycles. The van der Waals surface area contributed by atoms with Gasteiger partial charge in [-0.1, -0.05) is 36.8 Å². The van der Waals surface area contributed by atoms with Crippen molar-refractivity contribution in [2.45, 2.75) is 43.7 Å². The first-order chi connectivity index (χ1) is 15.7. The Bertz CT molecular complexity index is 1050. The molecule has 5 rings (SSSR count). The molecule has 2 saturated heterocycles. The Morgan fingerprint density at radius 1 is 1.16 bits per heavy atom. The lowest BCUT2D eigenvalue weighted by molar-refractivity contribution is -0.159. The highest BCUT2D eigenvalue weighted by Crippen LogP contribution is 2.43. The number of fused-ring (bicyclic) bond motifs is 1. The minimum Gasteiger partial charge on any atom is -0.394 e. The van der Waals surface area contributed by atoms with Crippen LogP contribution in [-0.4, -0.2) is 68.5 Å². The van der Waals surface area contributed by atoms with Gasteiger partial charge >= 0.3 is 0 Å². The molecule has 1 saturated carbocycles. The number of benzene rings is 1. The summed E-state index contributed by atoms with van der Waals surface area (Å²) in [5, 5.41) is 9.97. The second-order valence-corrected chi connectivity index (χ2v) is 8.79. The van der Waals surface area contributed by atoms with Crippen LogP contribution in [0.1, 0.15) is 53.2 Å². The van der Waals surface area contributed by atoms with E-state index in [1.54, 1.807) is 4.90 Å². The van der Waals surface area contributed by atoms with Gasteiger partial charge in [0.05, 0.1) is 24.9 Å². The number of carbonyl (C=O) groups is 2. The van der Waals surface area contributed by atoms with Crippen LogP contribution in [0.15, 0.2) is 42.9 Å². The van der Waals surface area contributed by atoms with Crippen molar-refractivity contribution in [3.8, 4) is 11.8 Å². The summed E-state index contributed by atoms with van der Waals surface area (Å²) in [6.07, 6.45) is 9.33. The lowest BCUT2D eigenvalue weighted by Gasteiger charge is -2.58. The average molecular weight is 431 g/mol. The van der Waals surface area contributed by atoms with Crippen LogP contribution >= 0.6 is 0 Å². The third-order valence-corrected chi connectivity index (χ3v) is 6.89. The number of hydrogen-bond donors (Lipinski definition) is 1. The van der Waals surface area contributed by atoms with E-state index in [9.17, 15) is 14.7 Å². The number of piperazine rings is 1. The molecular formula is C25H26N4O3. The van der Waals surface area contributed by atoms with Crippen LogP contribution in [0, 0.1) is 17.8 Å². The highest BCUT2D eigenvalue weighted by atomic mass is 16.3. The van der Waals surface area contributed by atoms with Crippen LogP contribution in [-0.2, 0) is 4.79 Å². The summed E-state index contributed by atoms with van der Waals surface area (Å²) < 4.78 is 0. The summed E-state index contributed by atoms with van der Waals surface area (Å²) in [5.74, 6) is 6.71. The maximum Gasteiger partial charge on any atom is 0.274 e. The summed E-state index contributed by atoms with van der Waals surface area (Å²) in [6, 6.07) is 7.68. The molecule has 3 heterocycles. The van der Waals surface area contributed by atoms with E-state index in [0.717, 1.165) is 11.1 Å². The van der Waals surface area contributed by atoms with Crippen molar-refractivity contribution < 1.29 is 14.7 Å². The van der Waals surface area contributed by atoms with Crippen molar-refractivity contribution in [1.82, 2.24) is 19.8 Å². The number of aromatic nitrogens is 2. The number of carbonyl (C=O) groups excluding carboxylic acids is 2. The molecule has 1 aromatic heterocycles. The molecule has 0 unspecified atom stereocenters. The van der Waals surface area contributed by atoms with Crippen molar-refractivity contribution in [3.63, 3.8) is 0 Å². The molecule has 1 aliphatic carbocycles. The molecule has 1 N–H and O–H groups in total. The molecule has 2 amide bonds. The summed E-state index contributed by atoms with van der Waals surface area (Å²) in [4.78, 5) is 36.9. The Hall–Kier alpha value is -3.24. The van der Waals surface area contributed by atoms with Crippen molar-refractivity contribution in [1.29, 1.82) is 0 Å². The third kappa shape index (κ3) is 3.76. The first-order valence-electron chi connectivity index (χ1n) is 11.2. The van der Waals surface area contributed by atoms with Crippen LogP contribution in [0.25, 0.3) is 0 Å². The summed E-state index contributed by atoms with van der Waals surface area (Å²) in [5.41, 5.74) is 2.27. The molecule has 7 heteroatoms. The van der Waals surface area contributed by atoms with E-state index < -0.39 is 0 Å². The second-order valence-electron chi connectivity index (χ2n) is 8.79. The number of rotatable bonds is 3. The van der Waals surface area contributed by atoms with Crippen LogP contribution in [0.2, 0.25) is 0 Å². The van der Waals surface area contributed by atoms with Crippen molar-refractivity contribution in [3.05, 3.63) is 59.7 Å². The van der Waals surface area contributed by atoms with Gasteiger partial charge in [0.1, 0.15) is 12.2 Å². The Morgan fingerprint density at radius 2 is 1.94 bits per heavy atom. The predicted molar refractivity (Wildman–Crippen MR) is 117 cm³/mol. The lowest BCUT2D eigenvalue weighted by atomic mass is 9.73. The Morgan fingerprint density at radius 3 is 2.62 bits per heavy atom. The molecule has 3 aliphatic rings. The van der Waals surface area contributed by atoms with Gasteiger partial charge in [-0.15, -0.1) is 0 Å². The second kappa shape index (κ2) is 8.71. The molecule has 0 bridgehead atoms. The van der Waals surface area contributed by atoms with Crippen LogP contribution in [0.4, 0.5) is 0 Å². The largest absolute Gasteiger partial charge is 0.394 e. The molecule has 164 valence electrons. The van der Waals surface area contributed by atoms with Gasteiger partial charge in [-0.05, 0) is 30.5 Å². The maximum absolute atomic E-state index is 12.8. The molecule has 7 nitrogen and oxygen atoms in total. The normalized spacial score (nSPS) is 25.0. The highest BCUT2D eigenvalue weighted by Gasteiger charge is 2.54. The zero-order valence-corrected chi connectivity index (χ0v) is 17.9. The van der Waals surface area contributed by atoms with E-state index in [4.69, 9.17) is 0 Å². The molecule has 0 radical (unpaired) electrons. The number of aliphatic hydroxyl groups is 1. The SMILES string of the molecule is O=C(c1cnccn1)N1CC(=O)N2[C@H](C1)[C@@H](c1ccc(C#CC3CCCC3)cc1)[C@@H]2CO. The smallest absolute Gasteiger partial charge is 0.274 e. The maximum atomic E-state index is 12.8. The predicted octanol–water partition coefficient (Wildman–Crippen LogP) is 1.83. The Labute approximate surface area is 187 Å². The third-order valence-electron chi connectivity index (χ3n) is 6.89. The molecule has 3 atom stereocenters. The summed E-state index contributed by atoms with van der Waals surface area (Å²) in [6.45, 7) is 0.296. The molecule has 1 aromatic carbocycles. The van der Waals surface area contributed by atoms with E-state index in [-0.39, 0.29) is 48.7 Å². The van der Waals surface area contributed by atoms with E-state index in [1.165, 1.54) is 49.2 Å². The minimum atomic E-state index is -0.296. The van der Waals surface area contributed by atoms with Gasteiger partial charge in [0, 0.05) is 36.3 Å². The Kier molecular flexibility index (Phi) is 5.62. The van der Waals surface area contributed by atoms with Gasteiger partial charge in [0.15, 0.2) is 0 Å². The zero-order chi connectivity index (χ0) is 22.1. The monoisotopic (exact) mass is 430 g/mol. The zero-order valence-electron chi connectivity index (χ0n) is 17.9. The molecule has 32 heavy (non-hydrogen) atoms. The average Bonchev–Trinajstić information content (AvgIpc) is 3.33. The standard InChI is InChI=1S/C25H26N4O3/c30-16-22-24(19-9-7-18(8-10-19)6-5-17-3-1-2-4-17)21-14-28(15-23(31)29(21)22)25(32)20-13-26-11-12-27-20/h7-13,17,21-22,24,30H,1-4,14-16H2/t21-,22+,24-/m1/s1. The first-order valence-corrected chi connectivity index (χ1v) is 11.2. The topological polar surface area (TPSA) is 86.6 Å². The summed E-state index contributed by atoms with van der Waals surface area (Å²) in [7, 11) is 0. The number of amides is 2. The number of aliphatic hydroxyl groups excluding tert-OH is 1. The van der Waals surface area contributed by atoms with E-state index in [2.05, 4.69) is 21.8 Å². The lowest BCUT2D eigenvalue weighted by Crippen LogP contribution is -2.73. The van der Waals surface area contributed by atoms with Crippen LogP contribution < -0.4 is 0 Å². The molecule has 3 fully saturated rings. The van der Waals surface area contributed by atoms with E-state index >= 15 is 0 Å². The van der Waals surface area contributed by atoms with Gasteiger partial charge in [-0.25, -0.2) is 4.98 Å². The number of hydrogen-bond acceptors (Lipinski definition) is 5. The molecule has 0 spiro atoms. The fraction of sp³-hybridized carbons (Fsp3) is 0.440. The van der Waals surface area contributed by atoms with E-state index in [1.807, 2.05) is 24.3 Å². The van der Waals surface area contributed by atoms with Gasteiger partial charge < -0.3 is 14.9 Å². The first kappa shape index (κ1) is 20.7. The van der Waals surface area contributed by atoms with Crippen molar-refractivity contribution in [2.75, 3.05) is 19.7 Å². The summed E-state index contributed by atoms with van der Waals surface area (Å²) >= 11 is 0. The fourth-order valence-electron chi connectivity index (χ4n) is 5.27. The number of nitrogens with zero attached hydrogens (tertiary/aromatic N) is 4. The molecule has 2 aromatic rings. The van der Waals surface area contributed by atoms with Gasteiger partial charge in [0.2, 0.25) is 5.91 Å². The van der Waals surface area contributed by atoms with Gasteiger partial charge in [0.25, 0.3) is 5.91 Å². The molecular weight excluding hydrogens is 404 g/mol. The Balaban J connectivity index is 1.33. The van der Waals surface area contributed by atoms with Gasteiger partial charge in [-0.2, -0.15) is 0 Å². The van der Waals surface area contributed by atoms with Crippen LogP contribution in [0.3, 0.4) is 0 Å².